The minimum absolute atomic E-state index is 0.0562. The fourth-order valence-electron chi connectivity index (χ4n) is 3.06. The Morgan fingerprint density at radius 3 is 2.59 bits per heavy atom. The maximum atomic E-state index is 12.5. The molecule has 0 spiro atoms. The molecule has 7 nitrogen and oxygen atoms in total. The molecule has 4 aromatic rings. The Kier molecular flexibility index (Phi) is 5.16. The molecule has 4 rings (SSSR count). The second-order valence-electron chi connectivity index (χ2n) is 6.48. The first kappa shape index (κ1) is 19.6. The maximum Gasteiger partial charge on any atom is 0.250 e. The van der Waals surface area contributed by atoms with E-state index < -0.39 is 0 Å². The van der Waals surface area contributed by atoms with Crippen LogP contribution in [-0.4, -0.2) is 25.1 Å². The van der Waals surface area contributed by atoms with Crippen LogP contribution in [0.1, 0.15) is 11.4 Å². The molecule has 3 aromatic heterocycles. The average Bonchev–Trinajstić information content (AvgIpc) is 3.18. The zero-order valence-electron chi connectivity index (χ0n) is 15.4. The first-order valence-electron chi connectivity index (χ1n) is 8.59. The van der Waals surface area contributed by atoms with Crippen molar-refractivity contribution in [2.75, 3.05) is 5.32 Å². The van der Waals surface area contributed by atoms with Crippen LogP contribution in [0.4, 0.5) is 5.95 Å². The number of rotatable bonds is 4. The quantitative estimate of drug-likeness (QED) is 0.508. The summed E-state index contributed by atoms with van der Waals surface area (Å²) in [6.07, 6.45) is 0. The minimum Gasteiger partial charge on any atom is -0.340 e. The molecule has 0 saturated carbocycles. The molecule has 10 heteroatoms. The Hall–Kier alpha value is -2.68. The first-order valence-corrected chi connectivity index (χ1v) is 10.2. The highest BCUT2D eigenvalue weighted by Gasteiger charge is 2.16. The molecule has 0 aliphatic carbocycles. The van der Waals surface area contributed by atoms with Crippen molar-refractivity contribution in [1.29, 1.82) is 0 Å². The van der Waals surface area contributed by atoms with Crippen LogP contribution in [0.5, 0.6) is 0 Å². The summed E-state index contributed by atoms with van der Waals surface area (Å²) in [4.78, 5) is 29.0. The molecule has 0 unspecified atom stereocenters. The molecule has 1 aromatic carbocycles. The van der Waals surface area contributed by atoms with Gasteiger partial charge in [0.05, 0.1) is 10.7 Å². The van der Waals surface area contributed by atoms with Gasteiger partial charge in [-0.15, -0.1) is 16.4 Å². The van der Waals surface area contributed by atoms with Crippen molar-refractivity contribution in [1.82, 2.24) is 19.2 Å². The van der Waals surface area contributed by atoms with E-state index in [0.717, 1.165) is 11.3 Å². The van der Waals surface area contributed by atoms with Gasteiger partial charge in [0.25, 0.3) is 5.95 Å². The van der Waals surface area contributed by atoms with E-state index in [9.17, 15) is 9.59 Å². The van der Waals surface area contributed by atoms with Crippen molar-refractivity contribution in [3.8, 4) is 11.3 Å². The predicted octanol–water partition coefficient (Wildman–Crippen LogP) is 4.18. The molecule has 0 aliphatic heterocycles. The van der Waals surface area contributed by atoms with Crippen molar-refractivity contribution in [2.24, 2.45) is 0 Å². The average molecular weight is 448 g/mol. The molecule has 0 atom stereocenters. The third-order valence-corrected chi connectivity index (χ3v) is 5.76. The van der Waals surface area contributed by atoms with E-state index in [1.165, 1.54) is 23.5 Å². The number of hydrogen-bond donors (Lipinski definition) is 1. The van der Waals surface area contributed by atoms with Gasteiger partial charge in [-0.1, -0.05) is 23.2 Å². The Bertz CT molecular complexity index is 1280. The van der Waals surface area contributed by atoms with E-state index in [1.807, 2.05) is 11.4 Å². The molecule has 3 heterocycles. The van der Waals surface area contributed by atoms with E-state index in [-0.39, 0.29) is 23.8 Å². The van der Waals surface area contributed by atoms with Crippen LogP contribution in [0, 0.1) is 13.8 Å². The largest absolute Gasteiger partial charge is 0.340 e. The third kappa shape index (κ3) is 3.91. The predicted molar refractivity (Wildman–Crippen MR) is 115 cm³/mol. The Labute approximate surface area is 179 Å². The van der Waals surface area contributed by atoms with Crippen LogP contribution >= 0.6 is 34.5 Å². The number of amides is 1. The number of pyridine rings is 1. The van der Waals surface area contributed by atoms with Gasteiger partial charge in [0, 0.05) is 39.5 Å². The lowest BCUT2D eigenvalue weighted by Crippen LogP contribution is -2.23. The standard InChI is InChI=1S/C19H15Cl2N5O2S/c1-10-5-13(27)6-11(2)25(10)8-17(28)22-18-23-19-26(24-18)16(9-29-19)14-4-3-12(20)7-15(14)21/h3-7,9H,8H2,1-2H3,(H,22,24,28). The fourth-order valence-corrected chi connectivity index (χ4v) is 4.39. The van der Waals surface area contributed by atoms with Gasteiger partial charge in [0.1, 0.15) is 6.54 Å². The molecule has 0 aliphatic rings. The Morgan fingerprint density at radius 1 is 1.17 bits per heavy atom. The Morgan fingerprint density at radius 2 is 1.90 bits per heavy atom. The number of carbonyl (C=O) groups is 1. The number of aryl methyl sites for hydroxylation is 2. The number of thiazole rings is 1. The van der Waals surface area contributed by atoms with Crippen molar-refractivity contribution < 1.29 is 4.79 Å². The highest BCUT2D eigenvalue weighted by Crippen LogP contribution is 2.33. The van der Waals surface area contributed by atoms with Crippen molar-refractivity contribution in [3.63, 3.8) is 0 Å². The fraction of sp³-hybridized carbons (Fsp3) is 0.158. The molecule has 148 valence electrons. The maximum absolute atomic E-state index is 12.5. The summed E-state index contributed by atoms with van der Waals surface area (Å²) in [6.45, 7) is 3.63. The molecule has 29 heavy (non-hydrogen) atoms. The van der Waals surface area contributed by atoms with Gasteiger partial charge in [0.2, 0.25) is 10.9 Å². The van der Waals surface area contributed by atoms with Gasteiger partial charge in [-0.25, -0.2) is 4.52 Å². The zero-order chi connectivity index (χ0) is 20.7. The molecule has 1 amide bonds. The van der Waals surface area contributed by atoms with E-state index in [1.54, 1.807) is 35.1 Å². The number of anilines is 1. The van der Waals surface area contributed by atoms with E-state index in [2.05, 4.69) is 15.4 Å². The van der Waals surface area contributed by atoms with Gasteiger partial charge in [-0.05, 0) is 32.0 Å². The number of aromatic nitrogens is 4. The van der Waals surface area contributed by atoms with Crippen molar-refractivity contribution in [2.45, 2.75) is 20.4 Å². The van der Waals surface area contributed by atoms with Crippen LogP contribution in [-0.2, 0) is 11.3 Å². The smallest absolute Gasteiger partial charge is 0.250 e. The number of halogens is 2. The normalized spacial score (nSPS) is 11.2. The Balaban J connectivity index is 1.59. The monoisotopic (exact) mass is 447 g/mol. The third-order valence-electron chi connectivity index (χ3n) is 4.40. The summed E-state index contributed by atoms with van der Waals surface area (Å²) in [6, 6.07) is 8.21. The topological polar surface area (TPSA) is 81.3 Å². The van der Waals surface area contributed by atoms with Crippen LogP contribution in [0.15, 0.2) is 40.5 Å². The first-order chi connectivity index (χ1) is 13.8. The van der Waals surface area contributed by atoms with Crippen LogP contribution in [0.2, 0.25) is 10.0 Å². The van der Waals surface area contributed by atoms with Crippen LogP contribution < -0.4 is 10.7 Å². The lowest BCUT2D eigenvalue weighted by molar-refractivity contribution is -0.116. The van der Waals surface area contributed by atoms with Crippen LogP contribution in [0.25, 0.3) is 16.2 Å². The number of nitrogens with one attached hydrogen (secondary N) is 1. The molecule has 0 saturated heterocycles. The lowest BCUT2D eigenvalue weighted by atomic mass is 10.2. The number of fused-ring (bicyclic) bond motifs is 1. The summed E-state index contributed by atoms with van der Waals surface area (Å²) in [5.74, 6) is -0.0892. The SMILES string of the molecule is Cc1cc(=O)cc(C)n1CC(=O)Nc1nc2scc(-c3ccc(Cl)cc3Cl)n2n1. The summed E-state index contributed by atoms with van der Waals surface area (Å²) >= 11 is 13.7. The van der Waals surface area contributed by atoms with Crippen molar-refractivity contribution in [3.05, 3.63) is 67.4 Å². The second-order valence-corrected chi connectivity index (χ2v) is 8.16. The summed E-state index contributed by atoms with van der Waals surface area (Å²) < 4.78 is 3.39. The van der Waals surface area contributed by atoms with Gasteiger partial charge < -0.3 is 4.57 Å². The molecule has 0 radical (unpaired) electrons. The highest BCUT2D eigenvalue weighted by atomic mass is 35.5. The van der Waals surface area contributed by atoms with Gasteiger partial charge in [0.15, 0.2) is 5.43 Å². The van der Waals surface area contributed by atoms with Gasteiger partial charge >= 0.3 is 0 Å². The van der Waals surface area contributed by atoms with Crippen LogP contribution in [0.3, 0.4) is 0 Å². The molecular weight excluding hydrogens is 433 g/mol. The number of carbonyl (C=O) groups excluding carboxylic acids is 1. The number of benzene rings is 1. The molecule has 0 bridgehead atoms. The lowest BCUT2D eigenvalue weighted by Gasteiger charge is -2.13. The molecular formula is C19H15Cl2N5O2S. The van der Waals surface area contributed by atoms with Gasteiger partial charge in [-0.2, -0.15) is 4.98 Å². The summed E-state index contributed by atoms with van der Waals surface area (Å²) in [7, 11) is 0. The van der Waals surface area contributed by atoms with Gasteiger partial charge in [-0.3, -0.25) is 14.9 Å². The molecule has 1 N–H and O–H groups in total. The zero-order valence-corrected chi connectivity index (χ0v) is 17.8. The highest BCUT2D eigenvalue weighted by molar-refractivity contribution is 7.15. The second kappa shape index (κ2) is 7.62. The minimum atomic E-state index is -0.288. The van der Waals surface area contributed by atoms with E-state index in [0.29, 0.717) is 26.4 Å². The molecule has 0 fully saturated rings. The number of nitrogens with zero attached hydrogens (tertiary/aromatic N) is 4. The summed E-state index contributed by atoms with van der Waals surface area (Å²) in [5.41, 5.74) is 2.87. The van der Waals surface area contributed by atoms with E-state index >= 15 is 0 Å². The summed E-state index contributed by atoms with van der Waals surface area (Å²) in [5, 5.41) is 10.0. The number of hydrogen-bond acceptors (Lipinski definition) is 5. The van der Waals surface area contributed by atoms with Crippen molar-refractivity contribution >= 4 is 51.4 Å². The van der Waals surface area contributed by atoms with E-state index in [4.69, 9.17) is 23.2 Å².